The summed E-state index contributed by atoms with van der Waals surface area (Å²) >= 11 is 0. The van der Waals surface area contributed by atoms with E-state index in [1.807, 2.05) is 6.07 Å². The molecule has 0 fully saturated rings. The second-order valence-corrected chi connectivity index (χ2v) is 7.36. The van der Waals surface area contributed by atoms with Gasteiger partial charge in [-0.3, -0.25) is 18.7 Å². The summed E-state index contributed by atoms with van der Waals surface area (Å²) in [7, 11) is 4.86. The highest BCUT2D eigenvalue weighted by Crippen LogP contribution is 2.23. The lowest BCUT2D eigenvalue weighted by Gasteiger charge is -2.10. The quantitative estimate of drug-likeness (QED) is 0.413. The van der Waals surface area contributed by atoms with E-state index in [-0.39, 0.29) is 29.4 Å². The standard InChI is InChI=1S/C22H21FN6O3/c1-27(2)21(31)17-11-24-28(3)20(17)19(30)10-15-7-8-29-12-18(26-22(29)25-15)14-5-4-6-16(9-14)32-13-23/h4-9,11-12H,10,13H2,1-3H3. The van der Waals surface area contributed by atoms with Crippen LogP contribution in [0.25, 0.3) is 17.0 Å². The third kappa shape index (κ3) is 4.07. The number of carbonyl (C=O) groups is 2. The van der Waals surface area contributed by atoms with E-state index in [1.54, 1.807) is 62.2 Å². The van der Waals surface area contributed by atoms with Crippen molar-refractivity contribution >= 4 is 17.5 Å². The molecule has 0 radical (unpaired) electrons. The maximum absolute atomic E-state index is 13.0. The topological polar surface area (TPSA) is 94.6 Å². The number of aryl methyl sites for hydroxylation is 1. The van der Waals surface area contributed by atoms with Gasteiger partial charge < -0.3 is 9.64 Å². The maximum Gasteiger partial charge on any atom is 0.257 e. The van der Waals surface area contributed by atoms with Gasteiger partial charge in [-0.2, -0.15) is 5.10 Å². The van der Waals surface area contributed by atoms with Crippen molar-refractivity contribution < 1.29 is 18.7 Å². The molecule has 0 saturated heterocycles. The Hall–Kier alpha value is -4.08. The number of fused-ring (bicyclic) bond motifs is 1. The van der Waals surface area contributed by atoms with Gasteiger partial charge in [-0.1, -0.05) is 12.1 Å². The van der Waals surface area contributed by atoms with Crippen LogP contribution in [0.3, 0.4) is 0 Å². The van der Waals surface area contributed by atoms with E-state index in [4.69, 9.17) is 4.74 Å². The van der Waals surface area contributed by atoms with Gasteiger partial charge in [-0.25, -0.2) is 14.4 Å². The molecule has 164 valence electrons. The Morgan fingerprint density at radius 2 is 2.00 bits per heavy atom. The van der Waals surface area contributed by atoms with Crippen molar-refractivity contribution in [1.82, 2.24) is 29.0 Å². The summed E-state index contributed by atoms with van der Waals surface area (Å²) in [6.07, 6.45) is 4.94. The number of hydrogen-bond acceptors (Lipinski definition) is 6. The van der Waals surface area contributed by atoms with Crippen LogP contribution in [-0.2, 0) is 13.5 Å². The van der Waals surface area contributed by atoms with E-state index in [9.17, 15) is 14.0 Å². The average molecular weight is 436 g/mol. The van der Waals surface area contributed by atoms with Crippen molar-refractivity contribution in [1.29, 1.82) is 0 Å². The van der Waals surface area contributed by atoms with Gasteiger partial charge in [-0.05, 0) is 18.2 Å². The largest absolute Gasteiger partial charge is 0.463 e. The van der Waals surface area contributed by atoms with E-state index in [2.05, 4.69) is 15.1 Å². The fourth-order valence-corrected chi connectivity index (χ4v) is 3.37. The zero-order chi connectivity index (χ0) is 22.8. The average Bonchev–Trinajstić information content (AvgIpc) is 3.36. The van der Waals surface area contributed by atoms with Crippen LogP contribution in [0.1, 0.15) is 26.5 Å². The number of rotatable bonds is 7. The number of aromatic nitrogens is 5. The van der Waals surface area contributed by atoms with Crippen molar-refractivity contribution in [3.8, 4) is 17.0 Å². The molecule has 0 bridgehead atoms. The maximum atomic E-state index is 13.0. The second kappa shape index (κ2) is 8.58. The van der Waals surface area contributed by atoms with Crippen LogP contribution in [0.5, 0.6) is 5.75 Å². The zero-order valence-electron chi connectivity index (χ0n) is 17.8. The Kier molecular flexibility index (Phi) is 5.67. The summed E-state index contributed by atoms with van der Waals surface area (Å²) in [5, 5.41) is 4.07. The number of ether oxygens (including phenoxy) is 1. The van der Waals surface area contributed by atoms with Gasteiger partial charge in [0.25, 0.3) is 5.91 Å². The molecule has 4 rings (SSSR count). The first kappa shape index (κ1) is 21.2. The smallest absolute Gasteiger partial charge is 0.257 e. The molecule has 3 aromatic heterocycles. The van der Waals surface area contributed by atoms with Gasteiger partial charge in [0, 0.05) is 39.1 Å². The van der Waals surface area contributed by atoms with E-state index < -0.39 is 6.86 Å². The van der Waals surface area contributed by atoms with Gasteiger partial charge in [0.1, 0.15) is 11.4 Å². The molecule has 0 aliphatic rings. The number of amides is 1. The van der Waals surface area contributed by atoms with Crippen LogP contribution in [0.15, 0.2) is 48.9 Å². The number of carbonyl (C=O) groups excluding carboxylic acids is 2. The van der Waals surface area contributed by atoms with Crippen molar-refractivity contribution in [3.05, 3.63) is 65.9 Å². The molecule has 0 spiro atoms. The van der Waals surface area contributed by atoms with Crippen LogP contribution in [-0.4, -0.2) is 61.7 Å². The van der Waals surface area contributed by atoms with Crippen LogP contribution < -0.4 is 4.74 Å². The Morgan fingerprint density at radius 1 is 1.19 bits per heavy atom. The van der Waals surface area contributed by atoms with Gasteiger partial charge in [0.05, 0.1) is 29.6 Å². The third-order valence-electron chi connectivity index (χ3n) is 4.92. The minimum absolute atomic E-state index is 0.00817. The van der Waals surface area contributed by atoms with Crippen molar-refractivity contribution in [3.63, 3.8) is 0 Å². The molecular formula is C22H21FN6O3. The van der Waals surface area contributed by atoms with E-state index in [0.717, 1.165) is 5.56 Å². The minimum atomic E-state index is -0.911. The number of imidazole rings is 1. The Bertz CT molecular complexity index is 1310. The van der Waals surface area contributed by atoms with Crippen LogP contribution in [0.2, 0.25) is 0 Å². The summed E-state index contributed by atoms with van der Waals surface area (Å²) in [6.45, 7) is -0.911. The molecule has 3 heterocycles. The first-order valence-electron chi connectivity index (χ1n) is 9.78. The minimum Gasteiger partial charge on any atom is -0.463 e. The molecule has 32 heavy (non-hydrogen) atoms. The summed E-state index contributed by atoms with van der Waals surface area (Å²) in [6, 6.07) is 8.67. The second-order valence-electron chi connectivity index (χ2n) is 7.36. The summed E-state index contributed by atoms with van der Waals surface area (Å²) in [4.78, 5) is 35.7. The molecule has 0 saturated carbocycles. The highest BCUT2D eigenvalue weighted by Gasteiger charge is 2.23. The van der Waals surface area contributed by atoms with E-state index >= 15 is 0 Å². The van der Waals surface area contributed by atoms with Crippen molar-refractivity contribution in [2.45, 2.75) is 6.42 Å². The summed E-state index contributed by atoms with van der Waals surface area (Å²) < 4.78 is 20.5. The normalized spacial score (nSPS) is 11.0. The number of benzene rings is 1. The van der Waals surface area contributed by atoms with E-state index in [0.29, 0.717) is 22.9 Å². The van der Waals surface area contributed by atoms with Crippen LogP contribution in [0, 0.1) is 0 Å². The van der Waals surface area contributed by atoms with Crippen LogP contribution in [0.4, 0.5) is 4.39 Å². The Balaban J connectivity index is 1.61. The predicted octanol–water partition coefficient (Wildman–Crippen LogP) is 2.56. The highest BCUT2D eigenvalue weighted by molar-refractivity contribution is 6.07. The molecule has 1 amide bonds. The highest BCUT2D eigenvalue weighted by atomic mass is 19.1. The van der Waals surface area contributed by atoms with Crippen molar-refractivity contribution in [2.24, 2.45) is 7.05 Å². The molecule has 1 aromatic carbocycles. The fourth-order valence-electron chi connectivity index (χ4n) is 3.37. The molecule has 0 atom stereocenters. The van der Waals surface area contributed by atoms with Gasteiger partial charge in [0.15, 0.2) is 5.78 Å². The number of halogens is 1. The summed E-state index contributed by atoms with van der Waals surface area (Å²) in [5.74, 6) is 0.258. The molecule has 10 heteroatoms. The third-order valence-corrected chi connectivity index (χ3v) is 4.92. The first-order chi connectivity index (χ1) is 15.4. The first-order valence-corrected chi connectivity index (χ1v) is 9.78. The number of Topliss-reactive ketones (excluding diaryl/α,β-unsaturated/α-hetero) is 1. The SMILES string of the molecule is CN(C)C(=O)c1cnn(C)c1C(=O)Cc1ccn2cc(-c3cccc(OCF)c3)nc2n1. The predicted molar refractivity (Wildman–Crippen MR) is 114 cm³/mol. The molecule has 0 N–H and O–H groups in total. The number of nitrogens with zero attached hydrogens (tertiary/aromatic N) is 6. The molecule has 4 aromatic rings. The fraction of sp³-hybridized carbons (Fsp3) is 0.227. The summed E-state index contributed by atoms with van der Waals surface area (Å²) in [5.41, 5.74) is 2.39. The van der Waals surface area contributed by atoms with Gasteiger partial charge in [0.2, 0.25) is 12.6 Å². The lowest BCUT2D eigenvalue weighted by atomic mass is 10.1. The molecule has 0 aliphatic carbocycles. The number of alkyl halides is 1. The number of hydrogen-bond donors (Lipinski definition) is 0. The lowest BCUT2D eigenvalue weighted by Crippen LogP contribution is -2.24. The van der Waals surface area contributed by atoms with Gasteiger partial charge in [-0.15, -0.1) is 0 Å². The van der Waals surface area contributed by atoms with E-state index in [1.165, 1.54) is 15.8 Å². The molecule has 9 nitrogen and oxygen atoms in total. The number of ketones is 1. The molecule has 0 unspecified atom stereocenters. The van der Waals surface area contributed by atoms with Crippen LogP contribution >= 0.6 is 0 Å². The molecular weight excluding hydrogens is 415 g/mol. The lowest BCUT2D eigenvalue weighted by molar-refractivity contribution is 0.0819. The zero-order valence-corrected chi connectivity index (χ0v) is 17.8. The van der Waals surface area contributed by atoms with Gasteiger partial charge >= 0.3 is 0 Å². The molecule has 0 aliphatic heterocycles. The monoisotopic (exact) mass is 436 g/mol. The Labute approximate surface area is 183 Å². The van der Waals surface area contributed by atoms with Crippen molar-refractivity contribution in [2.75, 3.05) is 21.0 Å². The Morgan fingerprint density at radius 3 is 2.75 bits per heavy atom.